The molecule has 21 heavy (non-hydrogen) atoms. The van der Waals surface area contributed by atoms with Crippen LogP contribution in [0, 0.1) is 11.8 Å². The summed E-state index contributed by atoms with van der Waals surface area (Å²) in [5, 5.41) is 3.94. The van der Waals surface area contributed by atoms with Crippen LogP contribution >= 0.6 is 0 Å². The average Bonchev–Trinajstić information content (AvgIpc) is 3.25. The maximum atomic E-state index is 3.94. The second kappa shape index (κ2) is 7.00. The SMILES string of the molecule is CCCCC(CC)CN1CC(C2CC2)NCC12CCCC2. The van der Waals surface area contributed by atoms with Gasteiger partial charge in [-0.05, 0) is 43.9 Å². The van der Waals surface area contributed by atoms with E-state index in [-0.39, 0.29) is 0 Å². The van der Waals surface area contributed by atoms with Crippen molar-refractivity contribution in [1.29, 1.82) is 0 Å². The van der Waals surface area contributed by atoms with Gasteiger partial charge in [-0.1, -0.05) is 46.0 Å². The minimum absolute atomic E-state index is 0.533. The van der Waals surface area contributed by atoms with Crippen molar-refractivity contribution in [2.24, 2.45) is 11.8 Å². The van der Waals surface area contributed by atoms with E-state index in [0.717, 1.165) is 17.9 Å². The minimum Gasteiger partial charge on any atom is -0.311 e. The first-order valence-electron chi connectivity index (χ1n) is 9.76. The minimum atomic E-state index is 0.533. The molecule has 1 N–H and O–H groups in total. The number of piperazine rings is 1. The number of unbranched alkanes of at least 4 members (excludes halogenated alkanes) is 1. The Kier molecular flexibility index (Phi) is 5.27. The summed E-state index contributed by atoms with van der Waals surface area (Å²) in [6.45, 7) is 8.73. The van der Waals surface area contributed by atoms with Crippen molar-refractivity contribution in [3.05, 3.63) is 0 Å². The molecule has 1 spiro atoms. The third-order valence-electron chi connectivity index (χ3n) is 6.53. The molecule has 2 saturated carbocycles. The van der Waals surface area contributed by atoms with Crippen molar-refractivity contribution in [3.63, 3.8) is 0 Å². The molecule has 3 aliphatic rings. The van der Waals surface area contributed by atoms with Gasteiger partial charge in [0.2, 0.25) is 0 Å². The summed E-state index contributed by atoms with van der Waals surface area (Å²) >= 11 is 0. The maximum Gasteiger partial charge on any atom is 0.0334 e. The molecule has 3 fully saturated rings. The summed E-state index contributed by atoms with van der Waals surface area (Å²) in [7, 11) is 0. The second-order valence-corrected chi connectivity index (χ2v) is 8.08. The van der Waals surface area contributed by atoms with Gasteiger partial charge in [0.05, 0.1) is 0 Å². The Morgan fingerprint density at radius 3 is 2.57 bits per heavy atom. The number of hydrogen-bond donors (Lipinski definition) is 1. The molecule has 0 radical (unpaired) electrons. The molecule has 0 bridgehead atoms. The van der Waals surface area contributed by atoms with Crippen LogP contribution in [0.3, 0.4) is 0 Å². The molecule has 2 unspecified atom stereocenters. The van der Waals surface area contributed by atoms with Crippen molar-refractivity contribution < 1.29 is 0 Å². The van der Waals surface area contributed by atoms with Crippen molar-refractivity contribution in [2.75, 3.05) is 19.6 Å². The Hall–Kier alpha value is -0.0800. The van der Waals surface area contributed by atoms with Crippen LogP contribution in [-0.2, 0) is 0 Å². The molecule has 0 aromatic rings. The zero-order chi connectivity index (χ0) is 14.7. The topological polar surface area (TPSA) is 15.3 Å². The lowest BCUT2D eigenvalue weighted by Gasteiger charge is -2.49. The van der Waals surface area contributed by atoms with Crippen molar-refractivity contribution >= 4 is 0 Å². The number of nitrogens with zero attached hydrogens (tertiary/aromatic N) is 1. The molecule has 0 aromatic heterocycles. The fourth-order valence-corrected chi connectivity index (χ4v) is 4.77. The third kappa shape index (κ3) is 3.64. The van der Waals surface area contributed by atoms with Crippen LogP contribution in [0.5, 0.6) is 0 Å². The van der Waals surface area contributed by atoms with E-state index in [2.05, 4.69) is 24.1 Å². The van der Waals surface area contributed by atoms with Crippen LogP contribution in [0.4, 0.5) is 0 Å². The van der Waals surface area contributed by atoms with E-state index in [0.29, 0.717) is 5.54 Å². The predicted octanol–water partition coefficient (Wildman–Crippen LogP) is 4.20. The largest absolute Gasteiger partial charge is 0.311 e. The van der Waals surface area contributed by atoms with Gasteiger partial charge in [0, 0.05) is 31.2 Å². The summed E-state index contributed by atoms with van der Waals surface area (Å²) in [6, 6.07) is 0.805. The molecule has 0 amide bonds. The van der Waals surface area contributed by atoms with E-state index in [1.54, 1.807) is 0 Å². The van der Waals surface area contributed by atoms with E-state index in [1.807, 2.05) is 0 Å². The number of hydrogen-bond acceptors (Lipinski definition) is 2. The fourth-order valence-electron chi connectivity index (χ4n) is 4.77. The normalized spacial score (nSPS) is 30.9. The molecule has 3 rings (SSSR count). The highest BCUT2D eigenvalue weighted by atomic mass is 15.3. The van der Waals surface area contributed by atoms with Crippen LogP contribution in [0.1, 0.15) is 78.1 Å². The van der Waals surface area contributed by atoms with Gasteiger partial charge in [0.1, 0.15) is 0 Å². The molecule has 2 nitrogen and oxygen atoms in total. The smallest absolute Gasteiger partial charge is 0.0334 e. The molecule has 1 aliphatic heterocycles. The molecule has 1 saturated heterocycles. The van der Waals surface area contributed by atoms with Gasteiger partial charge in [-0.3, -0.25) is 4.90 Å². The van der Waals surface area contributed by atoms with Gasteiger partial charge >= 0.3 is 0 Å². The van der Waals surface area contributed by atoms with Gasteiger partial charge in [-0.2, -0.15) is 0 Å². The quantitative estimate of drug-likeness (QED) is 0.756. The lowest BCUT2D eigenvalue weighted by Crippen LogP contribution is -2.64. The van der Waals surface area contributed by atoms with E-state index in [1.165, 1.54) is 83.8 Å². The fraction of sp³-hybridized carbons (Fsp3) is 1.00. The second-order valence-electron chi connectivity index (χ2n) is 8.08. The highest BCUT2D eigenvalue weighted by Crippen LogP contribution is 2.41. The van der Waals surface area contributed by atoms with Crippen LogP contribution in [0.25, 0.3) is 0 Å². The van der Waals surface area contributed by atoms with Crippen LogP contribution in [0.2, 0.25) is 0 Å². The molecule has 2 heteroatoms. The summed E-state index contributed by atoms with van der Waals surface area (Å²) in [4.78, 5) is 2.96. The maximum absolute atomic E-state index is 3.94. The van der Waals surface area contributed by atoms with Crippen LogP contribution < -0.4 is 5.32 Å². The molecule has 2 aliphatic carbocycles. The summed E-state index contributed by atoms with van der Waals surface area (Å²) in [6.07, 6.45) is 14.4. The van der Waals surface area contributed by atoms with Gasteiger partial charge in [0.15, 0.2) is 0 Å². The molecule has 0 aromatic carbocycles. The van der Waals surface area contributed by atoms with E-state index in [9.17, 15) is 0 Å². The summed E-state index contributed by atoms with van der Waals surface area (Å²) in [5.41, 5.74) is 0.533. The van der Waals surface area contributed by atoms with Crippen molar-refractivity contribution in [1.82, 2.24) is 10.2 Å². The first-order valence-corrected chi connectivity index (χ1v) is 9.76. The third-order valence-corrected chi connectivity index (χ3v) is 6.53. The van der Waals surface area contributed by atoms with Crippen LogP contribution in [-0.4, -0.2) is 36.1 Å². The molecule has 2 atom stereocenters. The standard InChI is InChI=1S/C19H36N2/c1-3-5-8-16(4-2)13-21-14-18(17-9-10-17)20-15-19(21)11-6-7-12-19/h16-18,20H,3-15H2,1-2H3. The Labute approximate surface area is 132 Å². The monoisotopic (exact) mass is 292 g/mol. The molecule has 1 heterocycles. The first kappa shape index (κ1) is 15.8. The Balaban J connectivity index is 1.63. The van der Waals surface area contributed by atoms with Gasteiger partial charge < -0.3 is 5.32 Å². The Bertz CT molecular complexity index is 318. The molecule has 122 valence electrons. The number of nitrogens with one attached hydrogen (secondary N) is 1. The van der Waals surface area contributed by atoms with Crippen LogP contribution in [0.15, 0.2) is 0 Å². The molecular formula is C19H36N2. The highest BCUT2D eigenvalue weighted by molar-refractivity contribution is 5.04. The van der Waals surface area contributed by atoms with E-state index >= 15 is 0 Å². The van der Waals surface area contributed by atoms with E-state index in [4.69, 9.17) is 0 Å². The summed E-state index contributed by atoms with van der Waals surface area (Å²) in [5.74, 6) is 1.93. The van der Waals surface area contributed by atoms with Gasteiger partial charge in [0.25, 0.3) is 0 Å². The highest BCUT2D eigenvalue weighted by Gasteiger charge is 2.46. The lowest BCUT2D eigenvalue weighted by atomic mass is 9.87. The zero-order valence-corrected chi connectivity index (χ0v) is 14.4. The number of rotatable bonds is 7. The Morgan fingerprint density at radius 2 is 1.95 bits per heavy atom. The Morgan fingerprint density at radius 1 is 1.19 bits per heavy atom. The summed E-state index contributed by atoms with van der Waals surface area (Å²) < 4.78 is 0. The van der Waals surface area contributed by atoms with Gasteiger partial charge in [-0.15, -0.1) is 0 Å². The van der Waals surface area contributed by atoms with Crippen molar-refractivity contribution in [2.45, 2.75) is 89.6 Å². The molecular weight excluding hydrogens is 256 g/mol. The first-order chi connectivity index (χ1) is 10.3. The lowest BCUT2D eigenvalue weighted by molar-refractivity contribution is 0.0230. The van der Waals surface area contributed by atoms with E-state index < -0.39 is 0 Å². The average molecular weight is 293 g/mol. The van der Waals surface area contributed by atoms with Gasteiger partial charge in [-0.25, -0.2) is 0 Å². The predicted molar refractivity (Wildman–Crippen MR) is 90.6 cm³/mol. The zero-order valence-electron chi connectivity index (χ0n) is 14.4. The van der Waals surface area contributed by atoms with Crippen molar-refractivity contribution in [3.8, 4) is 0 Å².